The first-order valence-corrected chi connectivity index (χ1v) is 12.3. The number of aliphatic imine (C=N–C) groups is 1. The zero-order valence-corrected chi connectivity index (χ0v) is 19.8. The standard InChI is InChI=1S/C26H26N4O3S/c1-32-22-15-18(12-13-21(22)33-16-17-8-4-2-5-9-17)14-20-23(27)30-26(28-24(20)31)34-25(29-30)19-10-6-3-7-11-19/h2,4-5,8-9,12-15,19,27H,3,6-7,10-11,16H2,1H3. The number of thioether (sulfide) groups is 1. The molecule has 1 amide bonds. The Balaban J connectivity index is 1.35. The van der Waals surface area contributed by atoms with Crippen molar-refractivity contribution in [3.63, 3.8) is 0 Å². The van der Waals surface area contributed by atoms with Gasteiger partial charge in [0.25, 0.3) is 5.91 Å². The van der Waals surface area contributed by atoms with E-state index in [4.69, 9.17) is 14.9 Å². The van der Waals surface area contributed by atoms with Crippen molar-refractivity contribution >= 4 is 39.8 Å². The summed E-state index contributed by atoms with van der Waals surface area (Å²) in [7, 11) is 1.58. The van der Waals surface area contributed by atoms with Crippen molar-refractivity contribution in [1.29, 1.82) is 5.41 Å². The van der Waals surface area contributed by atoms with Crippen LogP contribution in [0.3, 0.4) is 0 Å². The highest BCUT2D eigenvalue weighted by molar-refractivity contribution is 8.27. The number of ether oxygens (including phenoxy) is 2. The lowest BCUT2D eigenvalue weighted by Gasteiger charge is -2.20. The first-order valence-electron chi connectivity index (χ1n) is 11.5. The molecule has 1 saturated carbocycles. The highest BCUT2D eigenvalue weighted by atomic mass is 32.2. The Bertz CT molecular complexity index is 1200. The molecular formula is C26H26N4O3S. The fourth-order valence-corrected chi connectivity index (χ4v) is 5.38. The zero-order chi connectivity index (χ0) is 23.5. The highest BCUT2D eigenvalue weighted by Gasteiger charge is 2.37. The van der Waals surface area contributed by atoms with Crippen LogP contribution in [-0.2, 0) is 11.4 Å². The third-order valence-electron chi connectivity index (χ3n) is 6.16. The Morgan fingerprint density at radius 1 is 1.12 bits per heavy atom. The molecular weight excluding hydrogens is 448 g/mol. The molecule has 3 aliphatic rings. The predicted octanol–water partition coefficient (Wildman–Crippen LogP) is 5.47. The Morgan fingerprint density at radius 2 is 1.91 bits per heavy atom. The number of hydrogen-bond donors (Lipinski definition) is 1. The number of amidine groups is 2. The van der Waals surface area contributed by atoms with Crippen LogP contribution in [0.5, 0.6) is 11.5 Å². The van der Waals surface area contributed by atoms with Gasteiger partial charge in [-0.05, 0) is 53.9 Å². The minimum atomic E-state index is -0.424. The van der Waals surface area contributed by atoms with Crippen LogP contribution < -0.4 is 9.47 Å². The molecule has 1 aliphatic carbocycles. The largest absolute Gasteiger partial charge is 0.493 e. The van der Waals surface area contributed by atoms with Crippen molar-refractivity contribution in [2.45, 2.75) is 38.7 Å². The second-order valence-corrected chi connectivity index (χ2v) is 9.47. The maximum atomic E-state index is 12.8. The summed E-state index contributed by atoms with van der Waals surface area (Å²) >= 11 is 1.43. The smallest absolute Gasteiger partial charge is 0.283 e. The van der Waals surface area contributed by atoms with Crippen molar-refractivity contribution in [2.75, 3.05) is 7.11 Å². The Morgan fingerprint density at radius 3 is 2.68 bits per heavy atom. The molecule has 0 aromatic heterocycles. The van der Waals surface area contributed by atoms with Gasteiger partial charge in [0, 0.05) is 5.92 Å². The number of carbonyl (C=O) groups is 1. The molecule has 2 aromatic rings. The van der Waals surface area contributed by atoms with E-state index >= 15 is 0 Å². The number of rotatable bonds is 6. The fourth-order valence-electron chi connectivity index (χ4n) is 4.32. The Labute approximate surface area is 203 Å². The van der Waals surface area contributed by atoms with Crippen LogP contribution in [0.1, 0.15) is 43.2 Å². The average molecular weight is 475 g/mol. The quantitative estimate of drug-likeness (QED) is 0.561. The van der Waals surface area contributed by atoms with E-state index in [1.807, 2.05) is 42.5 Å². The average Bonchev–Trinajstić information content (AvgIpc) is 3.31. The van der Waals surface area contributed by atoms with Gasteiger partial charge in [-0.2, -0.15) is 15.1 Å². The monoisotopic (exact) mass is 474 g/mol. The van der Waals surface area contributed by atoms with Gasteiger partial charge in [0.2, 0.25) is 5.17 Å². The number of methoxy groups -OCH3 is 1. The third kappa shape index (κ3) is 4.63. The van der Waals surface area contributed by atoms with Crippen LogP contribution >= 0.6 is 11.8 Å². The number of fused-ring (bicyclic) bond motifs is 1. The molecule has 0 unspecified atom stereocenters. The maximum Gasteiger partial charge on any atom is 0.283 e. The van der Waals surface area contributed by atoms with Gasteiger partial charge in [0.1, 0.15) is 11.7 Å². The van der Waals surface area contributed by atoms with Gasteiger partial charge in [0.15, 0.2) is 17.3 Å². The van der Waals surface area contributed by atoms with E-state index in [9.17, 15) is 4.79 Å². The molecule has 1 fully saturated rings. The minimum Gasteiger partial charge on any atom is -0.493 e. The van der Waals surface area contributed by atoms with E-state index in [0.29, 0.717) is 29.2 Å². The molecule has 0 saturated heterocycles. The van der Waals surface area contributed by atoms with Crippen LogP contribution in [0.2, 0.25) is 0 Å². The van der Waals surface area contributed by atoms with E-state index in [0.717, 1.165) is 29.0 Å². The van der Waals surface area contributed by atoms with Crippen molar-refractivity contribution < 1.29 is 14.3 Å². The molecule has 0 atom stereocenters. The second-order valence-electron chi connectivity index (χ2n) is 8.48. The molecule has 0 spiro atoms. The number of benzene rings is 2. The minimum absolute atomic E-state index is 0.0525. The summed E-state index contributed by atoms with van der Waals surface area (Å²) in [4.78, 5) is 17.0. The van der Waals surface area contributed by atoms with Crippen LogP contribution in [0.25, 0.3) is 6.08 Å². The lowest BCUT2D eigenvalue weighted by Crippen LogP contribution is -2.35. The SMILES string of the molecule is COc1cc(C=C2C(=N)N3N=C(C4CCCCC4)SC3=NC2=O)ccc1OCc1ccccc1. The Hall–Kier alpha value is -3.39. The molecule has 34 heavy (non-hydrogen) atoms. The fraction of sp³-hybridized carbons (Fsp3) is 0.308. The summed E-state index contributed by atoms with van der Waals surface area (Å²) in [6, 6.07) is 15.3. The number of nitrogens with one attached hydrogen (secondary N) is 1. The van der Waals surface area contributed by atoms with Gasteiger partial charge in [-0.25, -0.2) is 0 Å². The molecule has 0 bridgehead atoms. The molecule has 1 N–H and O–H groups in total. The van der Waals surface area contributed by atoms with Crippen LogP contribution in [0.4, 0.5) is 0 Å². The molecule has 2 aliphatic heterocycles. The molecule has 2 heterocycles. The van der Waals surface area contributed by atoms with Crippen LogP contribution in [-0.4, -0.2) is 34.1 Å². The number of hydrazone groups is 1. The summed E-state index contributed by atoms with van der Waals surface area (Å²) in [5, 5.41) is 16.2. The molecule has 0 radical (unpaired) electrons. The first-order chi connectivity index (χ1) is 16.6. The van der Waals surface area contributed by atoms with Crippen LogP contribution in [0.15, 0.2) is 64.2 Å². The van der Waals surface area contributed by atoms with Gasteiger partial charge in [-0.15, -0.1) is 0 Å². The van der Waals surface area contributed by atoms with E-state index in [1.165, 1.54) is 36.0 Å². The van der Waals surface area contributed by atoms with Crippen molar-refractivity contribution in [3.05, 3.63) is 65.2 Å². The van der Waals surface area contributed by atoms with Crippen molar-refractivity contribution in [1.82, 2.24) is 5.01 Å². The first kappa shape index (κ1) is 22.4. The van der Waals surface area contributed by atoms with Crippen LogP contribution in [0, 0.1) is 11.3 Å². The van der Waals surface area contributed by atoms with E-state index in [2.05, 4.69) is 10.1 Å². The lowest BCUT2D eigenvalue weighted by molar-refractivity contribution is -0.114. The van der Waals surface area contributed by atoms with E-state index < -0.39 is 5.91 Å². The molecule has 8 heteroatoms. The van der Waals surface area contributed by atoms with Gasteiger partial charge in [-0.3, -0.25) is 10.2 Å². The number of hydrogen-bond acceptors (Lipinski definition) is 6. The van der Waals surface area contributed by atoms with Gasteiger partial charge < -0.3 is 9.47 Å². The normalized spacial score (nSPS) is 19.7. The van der Waals surface area contributed by atoms with Crippen molar-refractivity contribution in [3.8, 4) is 11.5 Å². The van der Waals surface area contributed by atoms with Gasteiger partial charge in [-0.1, -0.05) is 55.7 Å². The molecule has 2 aromatic carbocycles. The molecule has 174 valence electrons. The number of nitrogens with zero attached hydrogens (tertiary/aromatic N) is 3. The van der Waals surface area contributed by atoms with Crippen molar-refractivity contribution in [2.24, 2.45) is 16.0 Å². The summed E-state index contributed by atoms with van der Waals surface area (Å²) in [6.07, 6.45) is 7.54. The van der Waals surface area contributed by atoms with Gasteiger partial charge >= 0.3 is 0 Å². The summed E-state index contributed by atoms with van der Waals surface area (Å²) in [5.74, 6) is 1.19. The highest BCUT2D eigenvalue weighted by Crippen LogP contribution is 2.36. The van der Waals surface area contributed by atoms with E-state index in [1.54, 1.807) is 19.3 Å². The molecule has 7 nitrogen and oxygen atoms in total. The zero-order valence-electron chi connectivity index (χ0n) is 19.0. The predicted molar refractivity (Wildman–Crippen MR) is 135 cm³/mol. The second kappa shape index (κ2) is 9.85. The van der Waals surface area contributed by atoms with Gasteiger partial charge in [0.05, 0.1) is 12.7 Å². The number of carbonyl (C=O) groups excluding carboxylic acids is 1. The topological polar surface area (TPSA) is 87.3 Å². The molecule has 5 rings (SSSR count). The summed E-state index contributed by atoms with van der Waals surface area (Å²) in [6.45, 7) is 0.423. The summed E-state index contributed by atoms with van der Waals surface area (Å²) in [5.41, 5.74) is 1.99. The Kier molecular flexibility index (Phi) is 6.49. The maximum absolute atomic E-state index is 12.8. The summed E-state index contributed by atoms with van der Waals surface area (Å²) < 4.78 is 11.4. The van der Waals surface area contributed by atoms with E-state index in [-0.39, 0.29) is 11.4 Å². The number of amides is 1. The lowest BCUT2D eigenvalue weighted by atomic mass is 9.90. The third-order valence-corrected chi connectivity index (χ3v) is 7.23.